The molecule has 31 heavy (non-hydrogen) atoms. The Labute approximate surface area is 178 Å². The number of hydrogen-bond acceptors (Lipinski definition) is 4. The van der Waals surface area contributed by atoms with Gasteiger partial charge in [-0.1, -0.05) is 12.1 Å². The van der Waals surface area contributed by atoms with Crippen LogP contribution in [0.25, 0.3) is 0 Å². The summed E-state index contributed by atoms with van der Waals surface area (Å²) in [5.74, 6) is -0.798. The molecule has 1 heterocycles. The number of carbonyl (C=O) groups excluding carboxylic acids is 1. The highest BCUT2D eigenvalue weighted by Crippen LogP contribution is 2.30. The van der Waals surface area contributed by atoms with E-state index in [4.69, 9.17) is 4.74 Å². The van der Waals surface area contributed by atoms with E-state index < -0.39 is 17.6 Å². The third-order valence-electron chi connectivity index (χ3n) is 4.91. The predicted octanol–water partition coefficient (Wildman–Crippen LogP) is 4.19. The first-order chi connectivity index (χ1) is 14.6. The van der Waals surface area contributed by atoms with Crippen LogP contribution in [0.3, 0.4) is 0 Å². The minimum atomic E-state index is -4.45. The number of rotatable bonds is 6. The standard InChI is InChI=1S/C22H25F4N3O2/c1-14-12-29(13-15(2)31-14)20-7-6-16(8-19(20)23)10-28-21(30)11-27-18-5-3-4-17(9-18)22(24,25)26/h3-9,14-15,27H,10-13H2,1-2H3,(H,28,30). The van der Waals surface area contributed by atoms with Crippen LogP contribution in [0.4, 0.5) is 28.9 Å². The summed E-state index contributed by atoms with van der Waals surface area (Å²) < 4.78 is 58.5. The lowest BCUT2D eigenvalue weighted by atomic mass is 10.1. The first-order valence-electron chi connectivity index (χ1n) is 9.98. The van der Waals surface area contributed by atoms with E-state index in [0.29, 0.717) is 24.3 Å². The Kier molecular flexibility index (Phi) is 7.04. The third kappa shape index (κ3) is 6.33. The fourth-order valence-corrected chi connectivity index (χ4v) is 3.54. The van der Waals surface area contributed by atoms with Crippen molar-refractivity contribution in [3.05, 3.63) is 59.4 Å². The molecule has 5 nitrogen and oxygen atoms in total. The first kappa shape index (κ1) is 22.9. The Morgan fingerprint density at radius 1 is 1.13 bits per heavy atom. The van der Waals surface area contributed by atoms with Crippen LogP contribution in [0.2, 0.25) is 0 Å². The number of alkyl halides is 3. The lowest BCUT2D eigenvalue weighted by Gasteiger charge is -2.37. The molecule has 168 valence electrons. The zero-order valence-electron chi connectivity index (χ0n) is 17.3. The van der Waals surface area contributed by atoms with Gasteiger partial charge in [0.25, 0.3) is 0 Å². The van der Waals surface area contributed by atoms with Gasteiger partial charge < -0.3 is 20.3 Å². The Hall–Kier alpha value is -2.81. The molecule has 2 unspecified atom stereocenters. The number of benzene rings is 2. The van der Waals surface area contributed by atoms with Crippen molar-refractivity contribution in [1.82, 2.24) is 5.32 Å². The highest BCUT2D eigenvalue weighted by Gasteiger charge is 2.30. The van der Waals surface area contributed by atoms with E-state index in [1.807, 2.05) is 18.7 Å². The number of anilines is 2. The van der Waals surface area contributed by atoms with E-state index in [1.54, 1.807) is 12.1 Å². The zero-order valence-corrected chi connectivity index (χ0v) is 17.3. The van der Waals surface area contributed by atoms with Crippen molar-refractivity contribution >= 4 is 17.3 Å². The summed E-state index contributed by atoms with van der Waals surface area (Å²) in [6, 6.07) is 9.41. The maximum atomic E-state index is 14.6. The van der Waals surface area contributed by atoms with Crippen molar-refractivity contribution in [2.24, 2.45) is 0 Å². The van der Waals surface area contributed by atoms with Gasteiger partial charge in [-0.05, 0) is 49.7 Å². The quantitative estimate of drug-likeness (QED) is 0.663. The van der Waals surface area contributed by atoms with Crippen LogP contribution in [0.1, 0.15) is 25.0 Å². The highest BCUT2D eigenvalue weighted by molar-refractivity contribution is 5.80. The van der Waals surface area contributed by atoms with E-state index in [1.165, 1.54) is 18.2 Å². The minimum Gasteiger partial charge on any atom is -0.376 e. The van der Waals surface area contributed by atoms with Gasteiger partial charge in [-0.25, -0.2) is 4.39 Å². The average molecular weight is 439 g/mol. The van der Waals surface area contributed by atoms with Gasteiger partial charge in [0.2, 0.25) is 5.91 Å². The van der Waals surface area contributed by atoms with Crippen LogP contribution in [0, 0.1) is 5.82 Å². The van der Waals surface area contributed by atoms with Crippen molar-refractivity contribution in [3.63, 3.8) is 0 Å². The number of amides is 1. The molecule has 0 radical (unpaired) electrons. The van der Waals surface area contributed by atoms with Gasteiger partial charge in [0.1, 0.15) is 5.82 Å². The maximum Gasteiger partial charge on any atom is 0.416 e. The first-order valence-corrected chi connectivity index (χ1v) is 9.98. The van der Waals surface area contributed by atoms with Crippen molar-refractivity contribution in [3.8, 4) is 0 Å². The van der Waals surface area contributed by atoms with Crippen LogP contribution < -0.4 is 15.5 Å². The molecule has 1 amide bonds. The fraction of sp³-hybridized carbons (Fsp3) is 0.409. The molecule has 2 N–H and O–H groups in total. The second kappa shape index (κ2) is 9.55. The number of halogens is 4. The molecule has 1 fully saturated rings. The summed E-state index contributed by atoms with van der Waals surface area (Å²) in [6.07, 6.45) is -4.44. The largest absolute Gasteiger partial charge is 0.416 e. The Bertz CT molecular complexity index is 910. The number of ether oxygens (including phenoxy) is 1. The lowest BCUT2D eigenvalue weighted by molar-refractivity contribution is -0.137. The Balaban J connectivity index is 1.52. The second-order valence-electron chi connectivity index (χ2n) is 7.66. The molecule has 2 aromatic carbocycles. The van der Waals surface area contributed by atoms with Crippen LogP contribution in [0.15, 0.2) is 42.5 Å². The number of nitrogens with one attached hydrogen (secondary N) is 2. The molecule has 0 bridgehead atoms. The van der Waals surface area contributed by atoms with Crippen LogP contribution in [-0.4, -0.2) is 37.7 Å². The monoisotopic (exact) mass is 439 g/mol. The number of carbonyl (C=O) groups is 1. The van der Waals surface area contributed by atoms with Gasteiger partial charge >= 0.3 is 6.18 Å². The number of nitrogens with zero attached hydrogens (tertiary/aromatic N) is 1. The van der Waals surface area contributed by atoms with Gasteiger partial charge in [-0.2, -0.15) is 13.2 Å². The normalized spacial score (nSPS) is 19.2. The van der Waals surface area contributed by atoms with Crippen LogP contribution in [0.5, 0.6) is 0 Å². The molecule has 1 aliphatic heterocycles. The topological polar surface area (TPSA) is 53.6 Å². The molecule has 0 aromatic heterocycles. The molecule has 1 aliphatic rings. The molecular formula is C22H25F4N3O2. The van der Waals surface area contributed by atoms with Crippen LogP contribution in [-0.2, 0) is 22.3 Å². The maximum absolute atomic E-state index is 14.6. The number of morpholine rings is 1. The van der Waals surface area contributed by atoms with E-state index in [2.05, 4.69) is 10.6 Å². The van der Waals surface area contributed by atoms with Gasteiger partial charge in [-0.15, -0.1) is 0 Å². The minimum absolute atomic E-state index is 0.00596. The average Bonchev–Trinajstić information content (AvgIpc) is 2.69. The summed E-state index contributed by atoms with van der Waals surface area (Å²) in [5.41, 5.74) is 0.471. The molecule has 2 atom stereocenters. The molecule has 0 saturated carbocycles. The van der Waals surface area contributed by atoms with E-state index in [0.717, 1.165) is 12.1 Å². The van der Waals surface area contributed by atoms with Crippen molar-refractivity contribution < 1.29 is 27.1 Å². The van der Waals surface area contributed by atoms with Crippen molar-refractivity contribution in [1.29, 1.82) is 0 Å². The van der Waals surface area contributed by atoms with E-state index in [9.17, 15) is 22.4 Å². The van der Waals surface area contributed by atoms with E-state index >= 15 is 0 Å². The second-order valence-corrected chi connectivity index (χ2v) is 7.66. The molecule has 0 spiro atoms. The Morgan fingerprint density at radius 2 is 1.84 bits per heavy atom. The van der Waals surface area contributed by atoms with Gasteiger partial charge in [0, 0.05) is 25.3 Å². The summed E-state index contributed by atoms with van der Waals surface area (Å²) in [6.45, 7) is 4.98. The highest BCUT2D eigenvalue weighted by atomic mass is 19.4. The molecule has 3 rings (SSSR count). The summed E-state index contributed by atoms with van der Waals surface area (Å²) >= 11 is 0. The van der Waals surface area contributed by atoms with Gasteiger partial charge in [0.05, 0.1) is 30.0 Å². The molecule has 0 aliphatic carbocycles. The SMILES string of the molecule is CC1CN(c2ccc(CNC(=O)CNc3cccc(C(F)(F)F)c3)cc2F)CC(C)O1. The summed E-state index contributed by atoms with van der Waals surface area (Å²) in [7, 11) is 0. The molecule has 1 saturated heterocycles. The smallest absolute Gasteiger partial charge is 0.376 e. The third-order valence-corrected chi connectivity index (χ3v) is 4.91. The fourth-order valence-electron chi connectivity index (χ4n) is 3.54. The lowest BCUT2D eigenvalue weighted by Crippen LogP contribution is -2.45. The van der Waals surface area contributed by atoms with Crippen LogP contribution >= 0.6 is 0 Å². The van der Waals surface area contributed by atoms with Gasteiger partial charge in [-0.3, -0.25) is 4.79 Å². The summed E-state index contributed by atoms with van der Waals surface area (Å²) in [5, 5.41) is 5.29. The van der Waals surface area contributed by atoms with Gasteiger partial charge in [0.15, 0.2) is 0 Å². The Morgan fingerprint density at radius 3 is 2.48 bits per heavy atom. The van der Waals surface area contributed by atoms with Crippen molar-refractivity contribution in [2.45, 2.75) is 38.8 Å². The summed E-state index contributed by atoms with van der Waals surface area (Å²) in [4.78, 5) is 14.0. The molecule has 9 heteroatoms. The number of hydrogen-bond donors (Lipinski definition) is 2. The predicted molar refractivity (Wildman–Crippen MR) is 110 cm³/mol. The molecule has 2 aromatic rings. The molecular weight excluding hydrogens is 414 g/mol. The van der Waals surface area contributed by atoms with Crippen molar-refractivity contribution in [2.75, 3.05) is 29.9 Å². The zero-order chi connectivity index (χ0) is 22.6. The van der Waals surface area contributed by atoms with E-state index in [-0.39, 0.29) is 36.8 Å².